The van der Waals surface area contributed by atoms with Crippen molar-refractivity contribution in [1.82, 2.24) is 0 Å². The predicted molar refractivity (Wildman–Crippen MR) is 124 cm³/mol. The molecule has 18 heteroatoms. The lowest BCUT2D eigenvalue weighted by Crippen LogP contribution is -2.39. The zero-order valence-corrected chi connectivity index (χ0v) is 21.6. The van der Waals surface area contributed by atoms with Crippen LogP contribution in [-0.4, -0.2) is 45.6 Å². The van der Waals surface area contributed by atoms with E-state index in [4.69, 9.17) is 20.4 Å². The fourth-order valence-corrected chi connectivity index (χ4v) is 3.02. The molecule has 0 aliphatic rings. The number of ether oxygens (including phenoxy) is 1. The smallest absolute Gasteiger partial charge is 0.475 e. The highest BCUT2D eigenvalue weighted by Gasteiger charge is 2.39. The van der Waals surface area contributed by atoms with Crippen LogP contribution in [0.5, 0.6) is 0 Å². The molecule has 3 N–H and O–H groups in total. The maximum absolute atomic E-state index is 13.1. The Hall–Kier alpha value is -4.22. The number of carbonyl (C=O) groups excluding carboxylic acids is 2. The van der Waals surface area contributed by atoms with Crippen molar-refractivity contribution in [3.63, 3.8) is 0 Å². The molecule has 0 aliphatic carbocycles. The molecule has 0 bridgehead atoms. The minimum Gasteiger partial charge on any atom is -0.475 e. The van der Waals surface area contributed by atoms with Crippen molar-refractivity contribution >= 4 is 23.4 Å². The van der Waals surface area contributed by atoms with Gasteiger partial charge in [0.15, 0.2) is 5.78 Å². The Labute approximate surface area is 230 Å². The molecule has 42 heavy (non-hydrogen) atoms. The Morgan fingerprint density at radius 3 is 1.69 bits per heavy atom. The molecule has 0 amide bonds. The number of carboxylic acids is 1. The van der Waals surface area contributed by atoms with Crippen molar-refractivity contribution in [2.24, 2.45) is 5.73 Å². The van der Waals surface area contributed by atoms with Gasteiger partial charge in [0.2, 0.25) is 0 Å². The molecular formula is C24H21F9N2O7. The molecule has 2 aromatic rings. The van der Waals surface area contributed by atoms with Gasteiger partial charge in [0.25, 0.3) is 5.69 Å². The van der Waals surface area contributed by atoms with Crippen molar-refractivity contribution in [3.05, 3.63) is 74.3 Å². The van der Waals surface area contributed by atoms with Crippen molar-refractivity contribution in [2.75, 3.05) is 0 Å². The number of hydrogen-bond acceptors (Lipinski definition) is 7. The Kier molecular flexibility index (Phi) is 10.9. The summed E-state index contributed by atoms with van der Waals surface area (Å²) in [6.07, 6.45) is -15.9. The van der Waals surface area contributed by atoms with Gasteiger partial charge in [-0.15, -0.1) is 0 Å². The molecule has 1 unspecified atom stereocenters. The monoisotopic (exact) mass is 620 g/mol. The van der Waals surface area contributed by atoms with E-state index in [0.29, 0.717) is 0 Å². The first-order valence-electron chi connectivity index (χ1n) is 11.1. The van der Waals surface area contributed by atoms with Gasteiger partial charge in [-0.2, -0.15) is 39.5 Å². The third kappa shape index (κ3) is 10.6. The van der Waals surface area contributed by atoms with Gasteiger partial charge >= 0.3 is 30.5 Å². The number of alkyl halides is 9. The van der Waals surface area contributed by atoms with Crippen molar-refractivity contribution in [3.8, 4) is 0 Å². The topological polar surface area (TPSA) is 150 Å². The summed E-state index contributed by atoms with van der Waals surface area (Å²) in [6.45, 7) is 4.68. The Morgan fingerprint density at radius 2 is 1.33 bits per heavy atom. The lowest BCUT2D eigenvalue weighted by Gasteiger charge is -2.22. The highest BCUT2D eigenvalue weighted by Crippen LogP contribution is 2.37. The van der Waals surface area contributed by atoms with Crippen LogP contribution in [-0.2, 0) is 33.1 Å². The number of halogens is 9. The van der Waals surface area contributed by atoms with Gasteiger partial charge < -0.3 is 15.6 Å². The first-order chi connectivity index (χ1) is 18.7. The number of nitro benzene ring substituents is 1. The summed E-state index contributed by atoms with van der Waals surface area (Å²) >= 11 is 0. The van der Waals surface area contributed by atoms with E-state index in [-0.39, 0.29) is 23.8 Å². The third-order valence-corrected chi connectivity index (χ3v) is 4.78. The van der Waals surface area contributed by atoms with Gasteiger partial charge in [-0.1, -0.05) is 0 Å². The highest BCUT2D eigenvalue weighted by molar-refractivity contribution is 6.09. The Bertz CT molecular complexity index is 1310. The van der Waals surface area contributed by atoms with Gasteiger partial charge in [-0.3, -0.25) is 19.7 Å². The molecule has 232 valence electrons. The van der Waals surface area contributed by atoms with Crippen LogP contribution < -0.4 is 5.73 Å². The summed E-state index contributed by atoms with van der Waals surface area (Å²) in [5.74, 6) is -4.91. The van der Waals surface area contributed by atoms with Crippen LogP contribution in [0, 0.1) is 10.1 Å². The molecule has 1 atom stereocenters. The summed E-state index contributed by atoms with van der Waals surface area (Å²) in [4.78, 5) is 44.4. The van der Waals surface area contributed by atoms with Crippen LogP contribution in [0.2, 0.25) is 0 Å². The SMILES string of the molecule is CC(C)(C)OC(=O)C(N)Cc1cc(C(=O)c2cc(C(F)(F)F)cc(C(F)(F)F)c2)ccc1[N+](=O)[O-].O=C(O)C(F)(F)F. The van der Waals surface area contributed by atoms with E-state index in [1.807, 2.05) is 0 Å². The van der Waals surface area contributed by atoms with E-state index < -0.39 is 87.2 Å². The van der Waals surface area contributed by atoms with Gasteiger partial charge in [0, 0.05) is 29.2 Å². The van der Waals surface area contributed by atoms with Gasteiger partial charge in [-0.05, 0) is 51.1 Å². The maximum atomic E-state index is 13.1. The number of rotatable bonds is 6. The normalized spacial score (nSPS) is 13.0. The molecule has 2 rings (SSSR count). The number of nitrogens with zero attached hydrogens (tertiary/aromatic N) is 1. The number of carboxylic acid groups (broad SMARTS) is 1. The average Bonchev–Trinajstić information content (AvgIpc) is 2.80. The Morgan fingerprint density at radius 1 is 0.881 bits per heavy atom. The number of esters is 1. The lowest BCUT2D eigenvalue weighted by molar-refractivity contribution is -0.385. The molecule has 9 nitrogen and oxygen atoms in total. The molecule has 0 aliphatic heterocycles. The minimum atomic E-state index is -5.17. The quantitative estimate of drug-likeness (QED) is 0.137. The number of carbonyl (C=O) groups is 3. The summed E-state index contributed by atoms with van der Waals surface area (Å²) in [5.41, 5.74) is -0.685. The summed E-state index contributed by atoms with van der Waals surface area (Å²) in [6, 6.07) is 1.62. The first kappa shape index (κ1) is 35.8. The molecular weight excluding hydrogens is 599 g/mol. The fraction of sp³-hybridized carbons (Fsp3) is 0.375. The molecule has 0 heterocycles. The molecule has 0 aromatic heterocycles. The van der Waals surface area contributed by atoms with Gasteiger partial charge in [0.1, 0.15) is 11.6 Å². The van der Waals surface area contributed by atoms with Gasteiger partial charge in [0.05, 0.1) is 16.1 Å². The average molecular weight is 620 g/mol. The van der Waals surface area contributed by atoms with Crippen molar-refractivity contribution < 1.29 is 68.7 Å². The van der Waals surface area contributed by atoms with E-state index in [2.05, 4.69) is 0 Å². The summed E-state index contributed by atoms with van der Waals surface area (Å²) in [5, 5.41) is 18.5. The van der Waals surface area contributed by atoms with E-state index in [9.17, 15) is 59.2 Å². The largest absolute Gasteiger partial charge is 0.490 e. The number of nitrogens with two attached hydrogens (primary N) is 1. The molecule has 0 saturated heterocycles. The second kappa shape index (κ2) is 12.7. The second-order valence-corrected chi connectivity index (χ2v) is 9.37. The molecule has 0 fully saturated rings. The zero-order valence-electron chi connectivity index (χ0n) is 21.6. The molecule has 0 radical (unpaired) electrons. The second-order valence-electron chi connectivity index (χ2n) is 9.37. The van der Waals surface area contributed by atoms with Crippen LogP contribution in [0.3, 0.4) is 0 Å². The number of nitro groups is 1. The number of benzene rings is 2. The predicted octanol–water partition coefficient (Wildman–Crippen LogP) is 5.71. The maximum Gasteiger partial charge on any atom is 0.490 e. The van der Waals surface area contributed by atoms with Crippen molar-refractivity contribution in [2.45, 2.75) is 57.4 Å². The number of aliphatic carboxylic acids is 1. The molecule has 2 aromatic carbocycles. The Balaban J connectivity index is 0.00000112. The van der Waals surface area contributed by atoms with Gasteiger partial charge in [-0.25, -0.2) is 4.79 Å². The van der Waals surface area contributed by atoms with Crippen LogP contribution in [0.4, 0.5) is 45.2 Å². The van der Waals surface area contributed by atoms with E-state index in [0.717, 1.165) is 18.2 Å². The summed E-state index contributed by atoms with van der Waals surface area (Å²) < 4.78 is 116. The van der Waals surface area contributed by atoms with Crippen LogP contribution in [0.25, 0.3) is 0 Å². The van der Waals surface area contributed by atoms with Crippen molar-refractivity contribution in [1.29, 1.82) is 0 Å². The highest BCUT2D eigenvalue weighted by atomic mass is 19.4. The lowest BCUT2D eigenvalue weighted by atomic mass is 9.95. The molecule has 0 spiro atoms. The number of hydrogen-bond donors (Lipinski definition) is 2. The van der Waals surface area contributed by atoms with Crippen LogP contribution in [0.1, 0.15) is 53.4 Å². The summed E-state index contributed by atoms with van der Waals surface area (Å²) in [7, 11) is 0. The van der Waals surface area contributed by atoms with Crippen LogP contribution in [0.15, 0.2) is 36.4 Å². The third-order valence-electron chi connectivity index (χ3n) is 4.78. The molecule has 0 saturated carbocycles. The fourth-order valence-electron chi connectivity index (χ4n) is 3.02. The zero-order chi connectivity index (χ0) is 33.0. The van der Waals surface area contributed by atoms with E-state index in [1.165, 1.54) is 0 Å². The van der Waals surface area contributed by atoms with Crippen LogP contribution >= 0.6 is 0 Å². The minimum absolute atomic E-state index is 0.127. The standard InChI is InChI=1S/C22H20F6N2O5.C2HF3O2/c1-20(2,3)35-19(32)16(29)9-12-6-11(4-5-17(12)30(33)34)18(31)13-7-14(21(23,24)25)10-15(8-13)22(26,27)28;3-2(4,5)1(6)7/h4-8,10,16H,9,29H2,1-3H3;(H,6,7). The first-order valence-corrected chi connectivity index (χ1v) is 11.1. The number of ketones is 1. The van der Waals surface area contributed by atoms with E-state index in [1.54, 1.807) is 20.8 Å². The van der Waals surface area contributed by atoms with E-state index >= 15 is 0 Å².